The quantitative estimate of drug-likeness (QED) is 0.453. The molecule has 0 aliphatic heterocycles. The molecule has 0 saturated heterocycles. The Hall–Kier alpha value is -2.59. The minimum Gasteiger partial charge on any atom is -0.279 e. The van der Waals surface area contributed by atoms with Crippen LogP contribution in [-0.4, -0.2) is 19.2 Å². The molecule has 1 aromatic carbocycles. The number of benzene rings is 1. The van der Waals surface area contributed by atoms with Crippen molar-refractivity contribution in [2.45, 2.75) is 24.0 Å². The second-order valence-electron chi connectivity index (χ2n) is 6.02. The second-order valence-corrected chi connectivity index (χ2v) is 7.74. The lowest BCUT2D eigenvalue weighted by molar-refractivity contribution is -0.138. The van der Waals surface area contributed by atoms with Gasteiger partial charge in [-0.1, -0.05) is 17.8 Å². The van der Waals surface area contributed by atoms with Crippen LogP contribution in [0.5, 0.6) is 0 Å². The van der Waals surface area contributed by atoms with Crippen molar-refractivity contribution < 1.29 is 13.2 Å². The van der Waals surface area contributed by atoms with Crippen LogP contribution in [0, 0.1) is 6.92 Å². The Labute approximate surface area is 165 Å². The van der Waals surface area contributed by atoms with E-state index >= 15 is 0 Å². The topological polar surface area (TPSA) is 52.2 Å². The van der Waals surface area contributed by atoms with Crippen LogP contribution in [0.3, 0.4) is 0 Å². The molecule has 0 spiro atoms. The molecule has 0 aliphatic rings. The van der Waals surface area contributed by atoms with Gasteiger partial charge in [0.05, 0.1) is 11.3 Å². The molecule has 5 nitrogen and oxygen atoms in total. The minimum absolute atomic E-state index is 0.0204. The first-order valence-corrected chi connectivity index (χ1v) is 10.1. The largest absolute Gasteiger partial charge is 0.416 e. The molecule has 0 fully saturated rings. The highest BCUT2D eigenvalue weighted by molar-refractivity contribution is 7.98. The molecule has 0 amide bonds. The number of hydrogen-bond acceptors (Lipinski definition) is 5. The van der Waals surface area contributed by atoms with E-state index in [1.54, 1.807) is 21.9 Å². The van der Waals surface area contributed by atoms with Gasteiger partial charge in [0, 0.05) is 18.1 Å². The van der Waals surface area contributed by atoms with Crippen molar-refractivity contribution in [3.05, 3.63) is 74.5 Å². The first-order valence-electron chi connectivity index (χ1n) is 8.13. The van der Waals surface area contributed by atoms with E-state index in [4.69, 9.17) is 0 Å². The Morgan fingerprint density at radius 1 is 1.18 bits per heavy atom. The maximum absolute atomic E-state index is 13.2. The summed E-state index contributed by atoms with van der Waals surface area (Å²) in [4.78, 5) is 12.8. The highest BCUT2D eigenvalue weighted by Crippen LogP contribution is 2.33. The van der Waals surface area contributed by atoms with Gasteiger partial charge in [-0.25, -0.2) is 0 Å². The van der Waals surface area contributed by atoms with Gasteiger partial charge in [-0.2, -0.15) is 24.5 Å². The van der Waals surface area contributed by atoms with Crippen LogP contribution < -0.4 is 5.56 Å². The van der Waals surface area contributed by atoms with Crippen LogP contribution in [0.25, 0.3) is 11.3 Å². The summed E-state index contributed by atoms with van der Waals surface area (Å²) in [6.07, 6.45) is -1.46. The van der Waals surface area contributed by atoms with Gasteiger partial charge >= 0.3 is 11.7 Å². The van der Waals surface area contributed by atoms with Gasteiger partial charge in [0.15, 0.2) is 5.16 Å². The van der Waals surface area contributed by atoms with Crippen LogP contribution in [0.15, 0.2) is 57.4 Å². The molecule has 3 heterocycles. The zero-order valence-electron chi connectivity index (χ0n) is 14.5. The van der Waals surface area contributed by atoms with Crippen molar-refractivity contribution in [3.8, 4) is 5.69 Å². The van der Waals surface area contributed by atoms with Gasteiger partial charge in [0.1, 0.15) is 0 Å². The van der Waals surface area contributed by atoms with Crippen molar-refractivity contribution in [3.63, 3.8) is 0 Å². The first kappa shape index (κ1) is 18.8. The molecule has 4 rings (SSSR count). The lowest BCUT2D eigenvalue weighted by Gasteiger charge is -2.15. The number of thiophene rings is 1. The van der Waals surface area contributed by atoms with Crippen LogP contribution in [0.4, 0.5) is 13.2 Å². The molecule has 144 valence electrons. The maximum Gasteiger partial charge on any atom is 0.416 e. The Morgan fingerprint density at radius 2 is 2.00 bits per heavy atom. The number of alkyl halides is 3. The number of thioether (sulfide) groups is 1. The molecule has 0 unspecified atom stereocenters. The molecular weight excluding hydrogens is 409 g/mol. The Morgan fingerprint density at radius 3 is 2.71 bits per heavy atom. The van der Waals surface area contributed by atoms with Gasteiger partial charge in [0.25, 0.3) is 0 Å². The SMILES string of the molecule is Cc1c(-n2ccn3c(SCc4ccsc4)nnc3c2=O)cccc1C(F)(F)F. The van der Waals surface area contributed by atoms with Crippen LogP contribution in [-0.2, 0) is 11.9 Å². The number of rotatable bonds is 4. The zero-order chi connectivity index (χ0) is 19.9. The van der Waals surface area contributed by atoms with E-state index in [2.05, 4.69) is 10.2 Å². The number of nitrogens with zero attached hydrogens (tertiary/aromatic N) is 4. The van der Waals surface area contributed by atoms with Crippen molar-refractivity contribution in [2.24, 2.45) is 0 Å². The third-order valence-corrected chi connectivity index (χ3v) is 6.00. The van der Waals surface area contributed by atoms with E-state index in [1.165, 1.54) is 41.6 Å². The average Bonchev–Trinajstić information content (AvgIpc) is 3.30. The summed E-state index contributed by atoms with van der Waals surface area (Å²) in [5, 5.41) is 12.6. The van der Waals surface area contributed by atoms with E-state index in [0.29, 0.717) is 10.9 Å². The van der Waals surface area contributed by atoms with E-state index in [1.807, 2.05) is 16.8 Å². The predicted octanol–water partition coefficient (Wildman–Crippen LogP) is 4.56. The summed E-state index contributed by atoms with van der Waals surface area (Å²) in [6, 6.07) is 5.77. The van der Waals surface area contributed by atoms with Gasteiger partial charge in [-0.3, -0.25) is 13.8 Å². The molecule has 3 aromatic heterocycles. The van der Waals surface area contributed by atoms with E-state index < -0.39 is 17.3 Å². The average molecular weight is 422 g/mol. The molecular formula is C18H13F3N4OS2. The van der Waals surface area contributed by atoms with Gasteiger partial charge in [-0.05, 0) is 47.0 Å². The second kappa shape index (κ2) is 7.10. The molecule has 0 aliphatic carbocycles. The smallest absolute Gasteiger partial charge is 0.279 e. The van der Waals surface area contributed by atoms with E-state index in [9.17, 15) is 18.0 Å². The van der Waals surface area contributed by atoms with E-state index in [-0.39, 0.29) is 16.9 Å². The fourth-order valence-corrected chi connectivity index (χ4v) is 4.50. The number of hydrogen-bond donors (Lipinski definition) is 0. The van der Waals surface area contributed by atoms with Gasteiger partial charge in [-0.15, -0.1) is 10.2 Å². The Bertz CT molecular complexity index is 1200. The predicted molar refractivity (Wildman–Crippen MR) is 102 cm³/mol. The third kappa shape index (κ3) is 3.33. The molecule has 28 heavy (non-hydrogen) atoms. The Balaban J connectivity index is 1.75. The standard InChI is InChI=1S/C18H13F3N4OS2/c1-11-13(18(19,20)21)3-2-4-14(11)24-6-7-25-15(16(24)26)22-23-17(25)28-10-12-5-8-27-9-12/h2-9H,10H2,1H3. The van der Waals surface area contributed by atoms with Crippen LogP contribution in [0.1, 0.15) is 16.7 Å². The molecule has 4 aromatic rings. The lowest BCUT2D eigenvalue weighted by atomic mass is 10.1. The summed E-state index contributed by atoms with van der Waals surface area (Å²) < 4.78 is 42.3. The van der Waals surface area contributed by atoms with Crippen molar-refractivity contribution in [1.29, 1.82) is 0 Å². The van der Waals surface area contributed by atoms with Gasteiger partial charge < -0.3 is 0 Å². The van der Waals surface area contributed by atoms with Crippen molar-refractivity contribution in [2.75, 3.05) is 0 Å². The molecule has 0 radical (unpaired) electrons. The van der Waals surface area contributed by atoms with Crippen LogP contribution in [0.2, 0.25) is 0 Å². The highest BCUT2D eigenvalue weighted by Gasteiger charge is 2.33. The normalized spacial score (nSPS) is 12.0. The molecule has 10 heteroatoms. The fourth-order valence-electron chi connectivity index (χ4n) is 2.87. The third-order valence-electron chi connectivity index (χ3n) is 4.26. The zero-order valence-corrected chi connectivity index (χ0v) is 16.1. The Kier molecular flexibility index (Phi) is 4.76. The van der Waals surface area contributed by atoms with Crippen molar-refractivity contribution in [1.82, 2.24) is 19.2 Å². The summed E-state index contributed by atoms with van der Waals surface area (Å²) in [7, 11) is 0. The minimum atomic E-state index is -4.49. The van der Waals surface area contributed by atoms with E-state index in [0.717, 1.165) is 11.6 Å². The maximum atomic E-state index is 13.2. The number of fused-ring (bicyclic) bond motifs is 1. The number of halogens is 3. The number of aromatic nitrogens is 4. The molecule has 0 N–H and O–H groups in total. The van der Waals surface area contributed by atoms with Crippen molar-refractivity contribution >= 4 is 28.7 Å². The summed E-state index contributed by atoms with van der Waals surface area (Å²) in [6.45, 7) is 1.35. The summed E-state index contributed by atoms with van der Waals surface area (Å²) in [5.74, 6) is 0.681. The van der Waals surface area contributed by atoms with Gasteiger partial charge in [0.2, 0.25) is 5.65 Å². The highest BCUT2D eigenvalue weighted by atomic mass is 32.2. The molecule has 0 saturated carbocycles. The van der Waals surface area contributed by atoms with Crippen LogP contribution >= 0.6 is 23.1 Å². The lowest BCUT2D eigenvalue weighted by Crippen LogP contribution is -2.22. The molecule has 0 bridgehead atoms. The monoisotopic (exact) mass is 422 g/mol. The summed E-state index contributed by atoms with van der Waals surface area (Å²) in [5.41, 5.74) is 0.0442. The fraction of sp³-hybridized carbons (Fsp3) is 0.167. The summed E-state index contributed by atoms with van der Waals surface area (Å²) >= 11 is 3.03. The first-order chi connectivity index (χ1) is 13.4. The molecule has 0 atom stereocenters.